The van der Waals surface area contributed by atoms with Crippen molar-refractivity contribution in [3.05, 3.63) is 33.7 Å². The van der Waals surface area contributed by atoms with E-state index in [-0.39, 0.29) is 17.4 Å². The van der Waals surface area contributed by atoms with Crippen LogP contribution in [-0.4, -0.2) is 11.0 Å². The summed E-state index contributed by atoms with van der Waals surface area (Å²) in [6.07, 6.45) is 3.30. The molecular weight excluding hydrogens is 146 g/mol. The third-order valence-electron chi connectivity index (χ3n) is 1.48. The van der Waals surface area contributed by atoms with Gasteiger partial charge in [0.25, 0.3) is 5.70 Å². The second-order valence-electron chi connectivity index (χ2n) is 2.39. The summed E-state index contributed by atoms with van der Waals surface area (Å²) in [6.45, 7) is 0. The Hall–Kier alpha value is -1.36. The fourth-order valence-electron chi connectivity index (χ4n) is 0.926. The molecule has 0 aliphatic heterocycles. The molecule has 0 spiro atoms. The summed E-state index contributed by atoms with van der Waals surface area (Å²) in [5.41, 5.74) is 11.1. The van der Waals surface area contributed by atoms with Gasteiger partial charge in [0.2, 0.25) is 0 Å². The number of hydrogen-bond acceptors (Lipinski definition) is 4. The van der Waals surface area contributed by atoms with E-state index < -0.39 is 4.92 Å². The Balaban J connectivity index is 2.88. The monoisotopic (exact) mass is 155 g/mol. The van der Waals surface area contributed by atoms with Crippen LogP contribution in [0.15, 0.2) is 23.5 Å². The lowest BCUT2D eigenvalue weighted by molar-refractivity contribution is -0.420. The molecule has 5 nitrogen and oxygen atoms in total. The maximum absolute atomic E-state index is 10.2. The third-order valence-corrected chi connectivity index (χ3v) is 1.48. The van der Waals surface area contributed by atoms with Crippen LogP contribution in [0.2, 0.25) is 0 Å². The zero-order valence-corrected chi connectivity index (χ0v) is 5.86. The molecule has 1 atom stereocenters. The molecule has 1 unspecified atom stereocenters. The molecule has 1 aliphatic carbocycles. The van der Waals surface area contributed by atoms with Gasteiger partial charge in [0, 0.05) is 18.5 Å². The highest BCUT2D eigenvalue weighted by Gasteiger charge is 2.18. The number of allylic oxidation sites excluding steroid dienone is 1. The lowest BCUT2D eigenvalue weighted by atomic mass is 10.1. The third kappa shape index (κ3) is 1.56. The van der Waals surface area contributed by atoms with Crippen molar-refractivity contribution in [2.75, 3.05) is 0 Å². The summed E-state index contributed by atoms with van der Waals surface area (Å²) in [5, 5.41) is 10.2. The highest BCUT2D eigenvalue weighted by molar-refractivity contribution is 5.24. The quantitative estimate of drug-likeness (QED) is 0.402. The van der Waals surface area contributed by atoms with E-state index in [2.05, 4.69) is 0 Å². The molecule has 60 valence electrons. The van der Waals surface area contributed by atoms with Crippen LogP contribution in [0.5, 0.6) is 0 Å². The van der Waals surface area contributed by atoms with Gasteiger partial charge in [-0.2, -0.15) is 0 Å². The molecule has 0 saturated carbocycles. The van der Waals surface area contributed by atoms with E-state index in [1.165, 1.54) is 6.08 Å². The number of nitrogens with zero attached hydrogens (tertiary/aromatic N) is 1. The van der Waals surface area contributed by atoms with Gasteiger partial charge in [-0.15, -0.1) is 0 Å². The molecule has 0 bridgehead atoms. The topological polar surface area (TPSA) is 95.2 Å². The maximum atomic E-state index is 10.2. The van der Waals surface area contributed by atoms with Crippen molar-refractivity contribution in [1.29, 1.82) is 0 Å². The zero-order chi connectivity index (χ0) is 8.43. The Morgan fingerprint density at radius 2 is 2.36 bits per heavy atom. The lowest BCUT2D eigenvalue weighted by Gasteiger charge is -2.10. The first-order valence-corrected chi connectivity index (χ1v) is 3.18. The summed E-state index contributed by atoms with van der Waals surface area (Å²) in [7, 11) is 0. The Kier molecular flexibility index (Phi) is 1.91. The Bertz CT molecular complexity index is 244. The predicted molar refractivity (Wildman–Crippen MR) is 39.9 cm³/mol. The molecule has 0 heterocycles. The van der Waals surface area contributed by atoms with Crippen molar-refractivity contribution >= 4 is 0 Å². The highest BCUT2D eigenvalue weighted by atomic mass is 16.6. The number of nitro groups is 1. The summed E-state index contributed by atoms with van der Waals surface area (Å²) in [5.74, 6) is 0. The van der Waals surface area contributed by atoms with Crippen LogP contribution >= 0.6 is 0 Å². The average Bonchev–Trinajstić information content (AvgIpc) is 1.85. The molecule has 0 amide bonds. The number of hydrogen-bond donors (Lipinski definition) is 2. The molecule has 0 saturated heterocycles. The van der Waals surface area contributed by atoms with Crippen molar-refractivity contribution in [3.8, 4) is 0 Å². The van der Waals surface area contributed by atoms with E-state index in [4.69, 9.17) is 11.5 Å². The molecule has 4 N–H and O–H groups in total. The molecule has 11 heavy (non-hydrogen) atoms. The van der Waals surface area contributed by atoms with E-state index in [1.54, 1.807) is 6.08 Å². The maximum Gasteiger partial charge on any atom is 0.287 e. The summed E-state index contributed by atoms with van der Waals surface area (Å²) < 4.78 is 0. The molecule has 1 rings (SSSR count). The second kappa shape index (κ2) is 2.71. The van der Waals surface area contributed by atoms with Crippen molar-refractivity contribution < 1.29 is 4.92 Å². The van der Waals surface area contributed by atoms with Crippen LogP contribution in [0.4, 0.5) is 0 Å². The summed E-state index contributed by atoms with van der Waals surface area (Å²) >= 11 is 0. The van der Waals surface area contributed by atoms with E-state index in [9.17, 15) is 10.1 Å². The normalized spacial score (nSPS) is 23.9. The van der Waals surface area contributed by atoms with Crippen LogP contribution in [0.25, 0.3) is 0 Å². The van der Waals surface area contributed by atoms with E-state index in [1.807, 2.05) is 0 Å². The Morgan fingerprint density at radius 1 is 1.73 bits per heavy atom. The van der Waals surface area contributed by atoms with Crippen LogP contribution in [0.1, 0.15) is 6.42 Å². The fraction of sp³-hybridized carbons (Fsp3) is 0.333. The lowest BCUT2D eigenvalue weighted by Crippen LogP contribution is -2.25. The molecular formula is C6H9N3O2. The molecule has 5 heteroatoms. The van der Waals surface area contributed by atoms with Gasteiger partial charge >= 0.3 is 0 Å². The van der Waals surface area contributed by atoms with Crippen LogP contribution in [0.3, 0.4) is 0 Å². The van der Waals surface area contributed by atoms with Crippen molar-refractivity contribution in [2.45, 2.75) is 12.5 Å². The molecule has 1 aliphatic rings. The van der Waals surface area contributed by atoms with Gasteiger partial charge in [-0.05, 0) is 0 Å². The van der Waals surface area contributed by atoms with Gasteiger partial charge in [0.05, 0.1) is 10.6 Å². The minimum atomic E-state index is -0.502. The molecule has 0 aromatic heterocycles. The van der Waals surface area contributed by atoms with Gasteiger partial charge in [-0.25, -0.2) is 0 Å². The average molecular weight is 155 g/mol. The summed E-state index contributed by atoms with van der Waals surface area (Å²) in [6, 6.07) is -0.182. The largest absolute Gasteiger partial charge is 0.396 e. The van der Waals surface area contributed by atoms with Gasteiger partial charge in [0.15, 0.2) is 0 Å². The SMILES string of the molecule is NC1=C([N+](=O)[O-])C=CC(N)C1. The first-order valence-electron chi connectivity index (χ1n) is 3.18. The standard InChI is InChI=1S/C6H9N3O2/c7-4-1-2-6(9(10)11)5(8)3-4/h1-2,4H,3,7-8H2. The second-order valence-corrected chi connectivity index (χ2v) is 2.39. The Labute approximate surface area is 63.5 Å². The van der Waals surface area contributed by atoms with Crippen LogP contribution in [0, 0.1) is 10.1 Å². The van der Waals surface area contributed by atoms with Crippen LogP contribution in [-0.2, 0) is 0 Å². The molecule has 0 aromatic rings. The van der Waals surface area contributed by atoms with Gasteiger partial charge in [-0.1, -0.05) is 6.08 Å². The predicted octanol–water partition coefficient (Wildman–Crippen LogP) is -0.279. The van der Waals surface area contributed by atoms with Crippen molar-refractivity contribution in [3.63, 3.8) is 0 Å². The number of nitrogens with two attached hydrogens (primary N) is 2. The van der Waals surface area contributed by atoms with Crippen LogP contribution < -0.4 is 11.5 Å². The van der Waals surface area contributed by atoms with Gasteiger partial charge < -0.3 is 11.5 Å². The highest BCUT2D eigenvalue weighted by Crippen LogP contribution is 2.13. The van der Waals surface area contributed by atoms with Crippen molar-refractivity contribution in [2.24, 2.45) is 11.5 Å². The zero-order valence-electron chi connectivity index (χ0n) is 5.86. The first kappa shape index (κ1) is 7.74. The summed E-state index contributed by atoms with van der Waals surface area (Å²) in [4.78, 5) is 9.74. The molecule has 0 aromatic carbocycles. The Morgan fingerprint density at radius 3 is 2.82 bits per heavy atom. The smallest absolute Gasteiger partial charge is 0.287 e. The van der Waals surface area contributed by atoms with Gasteiger partial charge in [-0.3, -0.25) is 10.1 Å². The minimum absolute atomic E-state index is 0.0355. The van der Waals surface area contributed by atoms with E-state index in [0.29, 0.717) is 6.42 Å². The fourth-order valence-corrected chi connectivity index (χ4v) is 0.926. The minimum Gasteiger partial charge on any atom is -0.396 e. The van der Waals surface area contributed by atoms with E-state index in [0.717, 1.165) is 0 Å². The molecule has 0 radical (unpaired) electrons. The molecule has 0 fully saturated rings. The van der Waals surface area contributed by atoms with Crippen molar-refractivity contribution in [1.82, 2.24) is 0 Å². The number of rotatable bonds is 1. The van der Waals surface area contributed by atoms with Gasteiger partial charge in [0.1, 0.15) is 0 Å². The first-order chi connectivity index (χ1) is 5.11. The van der Waals surface area contributed by atoms with E-state index >= 15 is 0 Å².